The quantitative estimate of drug-likeness (QED) is 0.716. The Hall–Kier alpha value is -2.67. The normalized spacial score (nSPS) is 21.2. The Morgan fingerprint density at radius 3 is 2.38 bits per heavy atom. The average Bonchev–Trinajstić information content (AvgIpc) is 3.33. The highest BCUT2D eigenvalue weighted by Gasteiger charge is 2.29. The average molecular weight is 415 g/mol. The molecule has 0 N–H and O–H groups in total. The van der Waals surface area contributed by atoms with E-state index in [-0.39, 0.29) is 23.5 Å². The number of carbonyl (C=O) groups is 1. The molecule has 2 heterocycles. The number of rotatable bonds is 4. The zero-order chi connectivity index (χ0) is 20.4. The van der Waals surface area contributed by atoms with Crippen molar-refractivity contribution in [2.24, 2.45) is 0 Å². The molecule has 0 aliphatic carbocycles. The third-order valence-corrected chi connectivity index (χ3v) is 7.36. The largest absolute Gasteiger partial charge is 0.332 e. The monoisotopic (exact) mass is 414 g/mol. The summed E-state index contributed by atoms with van der Waals surface area (Å²) >= 11 is 0. The van der Waals surface area contributed by atoms with E-state index in [4.69, 9.17) is 0 Å². The van der Waals surface area contributed by atoms with Gasteiger partial charge in [-0.25, -0.2) is 12.8 Å². The van der Waals surface area contributed by atoms with Crippen molar-refractivity contribution < 1.29 is 17.6 Å². The number of anilines is 1. The Labute approximate surface area is 170 Å². The van der Waals surface area contributed by atoms with Gasteiger partial charge in [0.1, 0.15) is 5.82 Å². The second-order valence-corrected chi connectivity index (χ2v) is 9.42. The Bertz CT molecular complexity index is 1020. The Morgan fingerprint density at radius 1 is 1.00 bits per heavy atom. The van der Waals surface area contributed by atoms with E-state index in [1.165, 1.54) is 16.4 Å². The predicted octanol–water partition coefficient (Wildman–Crippen LogP) is 3.74. The molecule has 4 rings (SSSR count). The summed E-state index contributed by atoms with van der Waals surface area (Å²) in [6, 6.07) is 13.5. The van der Waals surface area contributed by atoms with Crippen molar-refractivity contribution in [1.29, 1.82) is 0 Å². The van der Waals surface area contributed by atoms with Gasteiger partial charge in [0.2, 0.25) is 15.9 Å². The van der Waals surface area contributed by atoms with Crippen LogP contribution in [0.25, 0.3) is 6.08 Å². The number of benzene rings is 2. The van der Waals surface area contributed by atoms with E-state index in [1.54, 1.807) is 36.4 Å². The van der Waals surface area contributed by atoms with Crippen LogP contribution in [-0.2, 0) is 14.8 Å². The molecule has 2 saturated heterocycles. The van der Waals surface area contributed by atoms with Crippen molar-refractivity contribution in [2.75, 3.05) is 23.1 Å². The molecule has 7 heteroatoms. The third-order valence-electron chi connectivity index (χ3n) is 5.49. The summed E-state index contributed by atoms with van der Waals surface area (Å²) in [5.41, 5.74) is 2.43. The molecule has 2 fully saturated rings. The summed E-state index contributed by atoms with van der Waals surface area (Å²) < 4.78 is 38.6. The highest BCUT2D eigenvalue weighted by molar-refractivity contribution is 7.93. The van der Waals surface area contributed by atoms with Crippen LogP contribution in [0.4, 0.5) is 10.1 Å². The zero-order valence-electron chi connectivity index (χ0n) is 16.0. The van der Waals surface area contributed by atoms with Crippen molar-refractivity contribution in [2.45, 2.75) is 25.3 Å². The Kier molecular flexibility index (Phi) is 5.41. The van der Waals surface area contributed by atoms with Crippen LogP contribution in [0, 0.1) is 5.82 Å². The van der Waals surface area contributed by atoms with Gasteiger partial charge in [-0.2, -0.15) is 0 Å². The molecule has 2 aliphatic heterocycles. The van der Waals surface area contributed by atoms with Gasteiger partial charge < -0.3 is 4.90 Å². The standard InChI is InChI=1S/C22H23FN2O3S/c23-19-9-7-18(8-10-19)21-3-1-14-24(21)22(26)13-6-17-4-11-20(12-5-17)25-15-2-16-29(25,27)28/h4-13,21H,1-3,14-16H2/b13-6+. The molecule has 1 unspecified atom stereocenters. The number of hydrogen-bond acceptors (Lipinski definition) is 3. The molecular weight excluding hydrogens is 391 g/mol. The molecule has 0 bridgehead atoms. The highest BCUT2D eigenvalue weighted by atomic mass is 32.2. The number of sulfonamides is 1. The maximum absolute atomic E-state index is 13.2. The zero-order valence-corrected chi connectivity index (χ0v) is 16.8. The minimum atomic E-state index is -3.19. The van der Waals surface area contributed by atoms with Crippen molar-refractivity contribution in [3.63, 3.8) is 0 Å². The van der Waals surface area contributed by atoms with Crippen molar-refractivity contribution in [1.82, 2.24) is 4.90 Å². The summed E-state index contributed by atoms with van der Waals surface area (Å²) in [6.07, 6.45) is 5.71. The van der Waals surface area contributed by atoms with Crippen LogP contribution < -0.4 is 4.31 Å². The molecule has 2 aromatic rings. The van der Waals surface area contributed by atoms with E-state index in [0.717, 1.165) is 24.0 Å². The first-order valence-corrected chi connectivity index (χ1v) is 11.4. The number of nitrogens with zero attached hydrogens (tertiary/aromatic N) is 2. The SMILES string of the molecule is O=C(/C=C/c1ccc(N2CCCS2(=O)=O)cc1)N1CCCC1c1ccc(F)cc1. The van der Waals surface area contributed by atoms with Crippen LogP contribution in [0.15, 0.2) is 54.6 Å². The highest BCUT2D eigenvalue weighted by Crippen LogP contribution is 2.32. The molecule has 152 valence electrons. The van der Waals surface area contributed by atoms with E-state index in [0.29, 0.717) is 25.2 Å². The van der Waals surface area contributed by atoms with Gasteiger partial charge in [0.05, 0.1) is 17.5 Å². The number of hydrogen-bond donors (Lipinski definition) is 0. The molecule has 0 radical (unpaired) electrons. The van der Waals surface area contributed by atoms with Gasteiger partial charge in [0, 0.05) is 19.2 Å². The van der Waals surface area contributed by atoms with E-state index in [2.05, 4.69) is 0 Å². The molecule has 0 saturated carbocycles. The van der Waals surface area contributed by atoms with Crippen molar-refractivity contribution in [3.8, 4) is 0 Å². The molecule has 1 atom stereocenters. The summed E-state index contributed by atoms with van der Waals surface area (Å²) in [5, 5.41) is 0. The van der Waals surface area contributed by atoms with E-state index in [1.807, 2.05) is 17.0 Å². The smallest absolute Gasteiger partial charge is 0.247 e. The molecule has 0 spiro atoms. The molecular formula is C22H23FN2O3S. The summed E-state index contributed by atoms with van der Waals surface area (Å²) in [5.74, 6) is -0.175. The first kappa shape index (κ1) is 19.6. The van der Waals surface area contributed by atoms with Crippen LogP contribution in [0.1, 0.15) is 36.4 Å². The van der Waals surface area contributed by atoms with Gasteiger partial charge >= 0.3 is 0 Å². The third kappa shape index (κ3) is 4.19. The maximum Gasteiger partial charge on any atom is 0.247 e. The van der Waals surface area contributed by atoms with Gasteiger partial charge in [-0.3, -0.25) is 9.10 Å². The lowest BCUT2D eigenvalue weighted by Crippen LogP contribution is -2.28. The van der Waals surface area contributed by atoms with Crippen LogP contribution in [0.3, 0.4) is 0 Å². The number of carbonyl (C=O) groups excluding carboxylic acids is 1. The second kappa shape index (κ2) is 7.99. The van der Waals surface area contributed by atoms with E-state index in [9.17, 15) is 17.6 Å². The number of halogens is 1. The van der Waals surface area contributed by atoms with Gasteiger partial charge in [-0.05, 0) is 60.7 Å². The van der Waals surface area contributed by atoms with E-state index < -0.39 is 10.0 Å². The lowest BCUT2D eigenvalue weighted by molar-refractivity contribution is -0.126. The molecule has 1 amide bonds. The van der Waals surface area contributed by atoms with Gasteiger partial charge in [-0.1, -0.05) is 24.3 Å². The van der Waals surface area contributed by atoms with Crippen LogP contribution in [-0.4, -0.2) is 38.1 Å². The fourth-order valence-electron chi connectivity index (χ4n) is 4.01. The fourth-order valence-corrected chi connectivity index (χ4v) is 5.57. The van der Waals surface area contributed by atoms with Crippen LogP contribution in [0.5, 0.6) is 0 Å². The molecule has 2 aromatic carbocycles. The predicted molar refractivity (Wildman–Crippen MR) is 111 cm³/mol. The van der Waals surface area contributed by atoms with Gasteiger partial charge in [0.25, 0.3) is 0 Å². The summed E-state index contributed by atoms with van der Waals surface area (Å²) in [4.78, 5) is 14.5. The topological polar surface area (TPSA) is 57.7 Å². The van der Waals surface area contributed by atoms with Crippen molar-refractivity contribution >= 4 is 27.7 Å². The molecule has 29 heavy (non-hydrogen) atoms. The lowest BCUT2D eigenvalue weighted by atomic mass is 10.0. The first-order valence-electron chi connectivity index (χ1n) is 9.79. The van der Waals surface area contributed by atoms with Gasteiger partial charge in [0.15, 0.2) is 0 Å². The lowest BCUT2D eigenvalue weighted by Gasteiger charge is -2.24. The maximum atomic E-state index is 13.2. The Balaban J connectivity index is 1.44. The summed E-state index contributed by atoms with van der Waals surface area (Å²) in [7, 11) is -3.19. The minimum Gasteiger partial charge on any atom is -0.332 e. The summed E-state index contributed by atoms with van der Waals surface area (Å²) in [6.45, 7) is 1.19. The second-order valence-electron chi connectivity index (χ2n) is 7.41. The van der Waals surface area contributed by atoms with Gasteiger partial charge in [-0.15, -0.1) is 0 Å². The molecule has 2 aliphatic rings. The fraction of sp³-hybridized carbons (Fsp3) is 0.318. The van der Waals surface area contributed by atoms with Crippen LogP contribution >= 0.6 is 0 Å². The van der Waals surface area contributed by atoms with Crippen LogP contribution in [0.2, 0.25) is 0 Å². The van der Waals surface area contributed by atoms with Crippen molar-refractivity contribution in [3.05, 3.63) is 71.6 Å². The Morgan fingerprint density at radius 2 is 1.72 bits per heavy atom. The number of amides is 1. The first-order chi connectivity index (χ1) is 13.9. The molecule has 5 nitrogen and oxygen atoms in total. The molecule has 0 aromatic heterocycles. The number of likely N-dealkylation sites (tertiary alicyclic amines) is 1. The van der Waals surface area contributed by atoms with E-state index >= 15 is 0 Å². The minimum absolute atomic E-state index is 0.0319.